The van der Waals surface area contributed by atoms with Crippen molar-refractivity contribution in [1.29, 1.82) is 0 Å². The summed E-state index contributed by atoms with van der Waals surface area (Å²) in [5.41, 5.74) is 4.27. The first-order valence-corrected chi connectivity index (χ1v) is 7.26. The number of rotatable bonds is 3. The molecule has 0 radical (unpaired) electrons. The topological polar surface area (TPSA) is 60.2 Å². The lowest BCUT2D eigenvalue weighted by molar-refractivity contribution is -0.191. The van der Waals surface area contributed by atoms with Crippen LogP contribution in [0.25, 0.3) is 22.7 Å². The van der Waals surface area contributed by atoms with Crippen LogP contribution in [0.3, 0.4) is 0 Å². The summed E-state index contributed by atoms with van der Waals surface area (Å²) in [5, 5.41) is 0. The van der Waals surface area contributed by atoms with Crippen molar-refractivity contribution in [2.75, 3.05) is 0 Å². The predicted octanol–water partition coefficient (Wildman–Crippen LogP) is 4.55. The second kappa shape index (κ2) is 7.87. The molecule has 0 saturated carbocycles. The Labute approximate surface area is 134 Å². The highest BCUT2D eigenvalue weighted by atomic mass is 16.3. The second-order valence-corrected chi connectivity index (χ2v) is 5.26. The largest absolute Gasteiger partial charge is 0.444 e. The van der Waals surface area contributed by atoms with Crippen molar-refractivity contribution in [3.63, 3.8) is 0 Å². The van der Waals surface area contributed by atoms with Crippen molar-refractivity contribution < 1.29 is 14.0 Å². The van der Waals surface area contributed by atoms with E-state index in [4.69, 9.17) is 14.0 Å². The standard InChI is InChI=1S/C18H17NO.CO2/c1-13(2)14-8-10-16(11-9-14)18-19-17(12-20-18)15-6-4-3-5-7-15;2-1-3/h3-13H,1-2H3;. The quantitative estimate of drug-likeness (QED) is 0.712. The number of nitrogens with zero attached hydrogens (tertiary/aromatic N) is 1. The minimum atomic E-state index is 0.250. The van der Waals surface area contributed by atoms with Crippen molar-refractivity contribution in [3.8, 4) is 22.7 Å². The van der Waals surface area contributed by atoms with Gasteiger partial charge >= 0.3 is 6.15 Å². The SMILES string of the molecule is CC(C)c1ccc(-c2nc(-c3ccccc3)co2)cc1.O=C=O. The van der Waals surface area contributed by atoms with E-state index in [1.807, 2.05) is 30.3 Å². The molecule has 0 amide bonds. The lowest BCUT2D eigenvalue weighted by atomic mass is 10.0. The van der Waals surface area contributed by atoms with Gasteiger partial charge in [0.2, 0.25) is 5.89 Å². The zero-order chi connectivity index (χ0) is 16.7. The number of aromatic nitrogens is 1. The van der Waals surface area contributed by atoms with E-state index in [1.165, 1.54) is 5.56 Å². The third kappa shape index (κ3) is 4.25. The Morgan fingerprint density at radius 3 is 2.09 bits per heavy atom. The molecule has 116 valence electrons. The highest BCUT2D eigenvalue weighted by molar-refractivity contribution is 5.62. The van der Waals surface area contributed by atoms with E-state index in [9.17, 15) is 0 Å². The zero-order valence-corrected chi connectivity index (χ0v) is 13.0. The summed E-state index contributed by atoms with van der Waals surface area (Å²) >= 11 is 0. The molecular formula is C19H17NO3. The second-order valence-electron chi connectivity index (χ2n) is 5.26. The molecule has 3 rings (SSSR count). The number of benzene rings is 2. The smallest absolute Gasteiger partial charge is 0.373 e. The summed E-state index contributed by atoms with van der Waals surface area (Å²) in [6.45, 7) is 4.38. The molecule has 0 bridgehead atoms. The molecule has 0 aliphatic rings. The van der Waals surface area contributed by atoms with Crippen LogP contribution in [0.15, 0.2) is 65.3 Å². The van der Waals surface area contributed by atoms with Gasteiger partial charge in [-0.1, -0.05) is 56.3 Å². The summed E-state index contributed by atoms with van der Waals surface area (Å²) in [4.78, 5) is 20.8. The maximum Gasteiger partial charge on any atom is 0.373 e. The Morgan fingerprint density at radius 2 is 1.52 bits per heavy atom. The third-order valence-corrected chi connectivity index (χ3v) is 3.40. The van der Waals surface area contributed by atoms with Crippen molar-refractivity contribution >= 4 is 6.15 Å². The molecule has 0 saturated heterocycles. The number of carbonyl (C=O) groups excluding carboxylic acids is 2. The van der Waals surface area contributed by atoms with Gasteiger partial charge in [0.05, 0.1) is 0 Å². The molecular weight excluding hydrogens is 290 g/mol. The molecule has 4 heteroatoms. The maximum absolute atomic E-state index is 8.12. The van der Waals surface area contributed by atoms with Gasteiger partial charge in [-0.3, -0.25) is 0 Å². The Bertz CT molecular complexity index is 768. The van der Waals surface area contributed by atoms with Crippen LogP contribution in [0.5, 0.6) is 0 Å². The zero-order valence-electron chi connectivity index (χ0n) is 13.0. The number of hydrogen-bond donors (Lipinski definition) is 0. The van der Waals surface area contributed by atoms with Gasteiger partial charge in [-0.05, 0) is 23.6 Å². The van der Waals surface area contributed by atoms with Gasteiger partial charge in [0.25, 0.3) is 0 Å². The highest BCUT2D eigenvalue weighted by Crippen LogP contribution is 2.25. The third-order valence-electron chi connectivity index (χ3n) is 3.40. The first kappa shape index (κ1) is 16.4. The number of hydrogen-bond acceptors (Lipinski definition) is 4. The first-order valence-electron chi connectivity index (χ1n) is 7.26. The molecule has 2 aromatic carbocycles. The number of oxazole rings is 1. The van der Waals surface area contributed by atoms with Crippen LogP contribution in [0, 0.1) is 0 Å². The van der Waals surface area contributed by atoms with E-state index in [0.717, 1.165) is 16.8 Å². The molecule has 0 atom stereocenters. The van der Waals surface area contributed by atoms with E-state index in [-0.39, 0.29) is 6.15 Å². The maximum atomic E-state index is 8.12. The molecule has 0 aliphatic carbocycles. The predicted molar refractivity (Wildman–Crippen MR) is 86.5 cm³/mol. The molecule has 0 unspecified atom stereocenters. The van der Waals surface area contributed by atoms with Gasteiger partial charge in [-0.2, -0.15) is 9.59 Å². The highest BCUT2D eigenvalue weighted by Gasteiger charge is 2.08. The Balaban J connectivity index is 0.000000595. The average molecular weight is 307 g/mol. The summed E-state index contributed by atoms with van der Waals surface area (Å²) in [6.07, 6.45) is 1.96. The summed E-state index contributed by atoms with van der Waals surface area (Å²) < 4.78 is 5.59. The van der Waals surface area contributed by atoms with Crippen LogP contribution in [-0.2, 0) is 9.59 Å². The minimum Gasteiger partial charge on any atom is -0.444 e. The van der Waals surface area contributed by atoms with E-state index in [1.54, 1.807) is 6.26 Å². The van der Waals surface area contributed by atoms with Crippen LogP contribution >= 0.6 is 0 Å². The fourth-order valence-electron chi connectivity index (χ4n) is 2.16. The molecule has 0 spiro atoms. The van der Waals surface area contributed by atoms with Gasteiger partial charge in [-0.25, -0.2) is 4.98 Å². The van der Waals surface area contributed by atoms with E-state index in [2.05, 4.69) is 43.1 Å². The lowest BCUT2D eigenvalue weighted by Gasteiger charge is -2.04. The Morgan fingerprint density at radius 1 is 0.913 bits per heavy atom. The summed E-state index contributed by atoms with van der Waals surface area (Å²) in [6, 6.07) is 18.5. The van der Waals surface area contributed by atoms with Crippen LogP contribution in [0.4, 0.5) is 0 Å². The molecule has 1 aromatic heterocycles. The van der Waals surface area contributed by atoms with Gasteiger partial charge in [0.15, 0.2) is 0 Å². The Kier molecular flexibility index (Phi) is 5.61. The first-order chi connectivity index (χ1) is 11.2. The normalized spacial score (nSPS) is 9.87. The molecule has 1 heterocycles. The fourth-order valence-corrected chi connectivity index (χ4v) is 2.16. The van der Waals surface area contributed by atoms with Crippen molar-refractivity contribution in [2.45, 2.75) is 19.8 Å². The molecule has 0 fully saturated rings. The summed E-state index contributed by atoms with van der Waals surface area (Å²) in [7, 11) is 0. The van der Waals surface area contributed by atoms with Crippen molar-refractivity contribution in [1.82, 2.24) is 4.98 Å². The molecule has 23 heavy (non-hydrogen) atoms. The monoisotopic (exact) mass is 307 g/mol. The van der Waals surface area contributed by atoms with Gasteiger partial charge < -0.3 is 4.42 Å². The molecule has 0 aliphatic heterocycles. The van der Waals surface area contributed by atoms with Crippen molar-refractivity contribution in [2.24, 2.45) is 0 Å². The minimum absolute atomic E-state index is 0.250. The van der Waals surface area contributed by atoms with Gasteiger partial charge in [-0.15, -0.1) is 0 Å². The fraction of sp³-hybridized carbons (Fsp3) is 0.158. The van der Waals surface area contributed by atoms with Crippen molar-refractivity contribution in [3.05, 3.63) is 66.4 Å². The Hall–Kier alpha value is -2.97. The van der Waals surface area contributed by atoms with Gasteiger partial charge in [0.1, 0.15) is 12.0 Å². The van der Waals surface area contributed by atoms with Crippen LogP contribution in [0.2, 0.25) is 0 Å². The van der Waals surface area contributed by atoms with E-state index in [0.29, 0.717) is 11.8 Å². The van der Waals surface area contributed by atoms with E-state index < -0.39 is 0 Å². The van der Waals surface area contributed by atoms with Crippen LogP contribution in [-0.4, -0.2) is 11.1 Å². The molecule has 0 N–H and O–H groups in total. The molecule has 3 aromatic rings. The van der Waals surface area contributed by atoms with Gasteiger partial charge in [0, 0.05) is 11.1 Å². The molecule has 4 nitrogen and oxygen atoms in total. The van der Waals surface area contributed by atoms with Crippen LogP contribution < -0.4 is 0 Å². The average Bonchev–Trinajstić information content (AvgIpc) is 3.06. The summed E-state index contributed by atoms with van der Waals surface area (Å²) in [5.74, 6) is 1.20. The van der Waals surface area contributed by atoms with Crippen LogP contribution in [0.1, 0.15) is 25.3 Å². The lowest BCUT2D eigenvalue weighted by Crippen LogP contribution is -1.86. The van der Waals surface area contributed by atoms with E-state index >= 15 is 0 Å².